The van der Waals surface area contributed by atoms with Crippen molar-refractivity contribution >= 4 is 27.5 Å². The van der Waals surface area contributed by atoms with Gasteiger partial charge >= 0.3 is 5.69 Å². The summed E-state index contributed by atoms with van der Waals surface area (Å²) in [7, 11) is 0. The number of benzene rings is 2. The van der Waals surface area contributed by atoms with Gasteiger partial charge in [-0.1, -0.05) is 42.0 Å². The van der Waals surface area contributed by atoms with Crippen molar-refractivity contribution < 1.29 is 9.18 Å². The molecule has 8 heteroatoms. The van der Waals surface area contributed by atoms with Crippen LogP contribution in [0.2, 0.25) is 0 Å². The summed E-state index contributed by atoms with van der Waals surface area (Å²) in [5.74, 6) is -0.482. The predicted molar refractivity (Wildman–Crippen MR) is 128 cm³/mol. The molecule has 2 aromatic heterocycles. The van der Waals surface area contributed by atoms with Gasteiger partial charge in [0.1, 0.15) is 10.5 Å². The molecular weight excluding hydrogens is 441 g/mol. The number of fused-ring (bicyclic) bond motifs is 1. The summed E-state index contributed by atoms with van der Waals surface area (Å²) in [5, 5.41) is 4.64. The molecule has 0 aliphatic carbocycles. The number of thiophene rings is 1. The molecule has 0 aliphatic heterocycles. The van der Waals surface area contributed by atoms with Gasteiger partial charge in [0, 0.05) is 19.5 Å². The van der Waals surface area contributed by atoms with E-state index in [2.05, 4.69) is 5.32 Å². The third-order valence-electron chi connectivity index (χ3n) is 5.49. The zero-order valence-corrected chi connectivity index (χ0v) is 19.0. The molecule has 0 saturated heterocycles. The molecule has 0 saturated carbocycles. The standard InChI is InChI=1S/C25H24FN3O3S/c1-17-4-6-18(7-5-17)15-27-22(30)3-2-13-28-24(31)23-21(12-14-33-23)29(25(28)32)16-19-8-10-20(26)11-9-19/h4-12,14H,2-3,13,15-16H2,1H3,(H,27,30). The Morgan fingerprint density at radius 2 is 1.67 bits per heavy atom. The third-order valence-corrected chi connectivity index (χ3v) is 6.38. The molecule has 4 rings (SSSR count). The van der Waals surface area contributed by atoms with Crippen LogP contribution in [0, 0.1) is 12.7 Å². The van der Waals surface area contributed by atoms with Crippen molar-refractivity contribution in [1.82, 2.24) is 14.5 Å². The van der Waals surface area contributed by atoms with Gasteiger partial charge < -0.3 is 5.32 Å². The number of hydrogen-bond donors (Lipinski definition) is 1. The molecule has 0 unspecified atom stereocenters. The van der Waals surface area contributed by atoms with Crippen LogP contribution in [-0.2, 0) is 24.4 Å². The van der Waals surface area contributed by atoms with E-state index in [0.29, 0.717) is 23.2 Å². The summed E-state index contributed by atoms with van der Waals surface area (Å²) in [6, 6.07) is 15.6. The van der Waals surface area contributed by atoms with E-state index in [1.807, 2.05) is 31.2 Å². The lowest BCUT2D eigenvalue weighted by Crippen LogP contribution is -2.40. The fourth-order valence-corrected chi connectivity index (χ4v) is 4.49. The van der Waals surface area contributed by atoms with Crippen molar-refractivity contribution in [3.05, 3.63) is 103 Å². The molecule has 0 atom stereocenters. The highest BCUT2D eigenvalue weighted by atomic mass is 32.1. The zero-order chi connectivity index (χ0) is 23.4. The van der Waals surface area contributed by atoms with Crippen LogP contribution in [0.15, 0.2) is 69.6 Å². The monoisotopic (exact) mass is 465 g/mol. The summed E-state index contributed by atoms with van der Waals surface area (Å²) in [6.45, 7) is 2.81. The van der Waals surface area contributed by atoms with E-state index in [0.717, 1.165) is 16.7 Å². The van der Waals surface area contributed by atoms with Gasteiger partial charge in [-0.05, 0) is 48.1 Å². The molecule has 1 N–H and O–H groups in total. The number of amides is 1. The molecule has 1 amide bonds. The summed E-state index contributed by atoms with van der Waals surface area (Å²) >= 11 is 1.28. The lowest BCUT2D eigenvalue weighted by molar-refractivity contribution is -0.121. The van der Waals surface area contributed by atoms with Gasteiger partial charge in [-0.2, -0.15) is 0 Å². The van der Waals surface area contributed by atoms with Gasteiger partial charge in [0.15, 0.2) is 0 Å². The Morgan fingerprint density at radius 3 is 2.39 bits per heavy atom. The van der Waals surface area contributed by atoms with Gasteiger partial charge in [0.25, 0.3) is 5.56 Å². The van der Waals surface area contributed by atoms with Crippen LogP contribution in [0.3, 0.4) is 0 Å². The van der Waals surface area contributed by atoms with Crippen LogP contribution in [0.4, 0.5) is 4.39 Å². The van der Waals surface area contributed by atoms with Crippen LogP contribution in [0.1, 0.15) is 29.5 Å². The zero-order valence-electron chi connectivity index (χ0n) is 18.2. The van der Waals surface area contributed by atoms with Crippen molar-refractivity contribution in [2.24, 2.45) is 0 Å². The summed E-state index contributed by atoms with van der Waals surface area (Å²) in [4.78, 5) is 38.3. The maximum Gasteiger partial charge on any atom is 0.331 e. The number of carbonyl (C=O) groups excluding carboxylic acids is 1. The second-order valence-corrected chi connectivity index (χ2v) is 8.87. The molecule has 0 aliphatic rings. The van der Waals surface area contributed by atoms with Crippen molar-refractivity contribution in [2.45, 2.75) is 39.4 Å². The molecule has 0 bridgehead atoms. The Labute approximate surface area is 193 Å². The fraction of sp³-hybridized carbons (Fsp3) is 0.240. The molecule has 2 heterocycles. The van der Waals surface area contributed by atoms with E-state index in [1.54, 1.807) is 23.6 Å². The van der Waals surface area contributed by atoms with Crippen molar-refractivity contribution in [3.8, 4) is 0 Å². The Bertz CT molecular complexity index is 1390. The van der Waals surface area contributed by atoms with E-state index in [1.165, 1.54) is 32.6 Å². The first-order chi connectivity index (χ1) is 15.9. The largest absolute Gasteiger partial charge is 0.352 e. The molecule has 170 valence electrons. The first-order valence-corrected chi connectivity index (χ1v) is 11.6. The highest BCUT2D eigenvalue weighted by Crippen LogP contribution is 2.17. The number of nitrogens with zero attached hydrogens (tertiary/aromatic N) is 2. The van der Waals surface area contributed by atoms with E-state index >= 15 is 0 Å². The lowest BCUT2D eigenvalue weighted by Gasteiger charge is -2.12. The Morgan fingerprint density at radius 1 is 0.970 bits per heavy atom. The molecule has 0 spiro atoms. The quantitative estimate of drug-likeness (QED) is 0.430. The van der Waals surface area contributed by atoms with E-state index in [4.69, 9.17) is 0 Å². The average molecular weight is 466 g/mol. The Hall–Kier alpha value is -3.52. The number of aromatic nitrogens is 2. The topological polar surface area (TPSA) is 73.1 Å². The van der Waals surface area contributed by atoms with Crippen LogP contribution < -0.4 is 16.6 Å². The number of carbonyl (C=O) groups is 1. The fourth-order valence-electron chi connectivity index (χ4n) is 3.65. The highest BCUT2D eigenvalue weighted by Gasteiger charge is 2.15. The normalized spacial score (nSPS) is 11.1. The number of hydrogen-bond acceptors (Lipinski definition) is 4. The van der Waals surface area contributed by atoms with Crippen molar-refractivity contribution in [1.29, 1.82) is 0 Å². The Kier molecular flexibility index (Phi) is 6.84. The number of halogens is 1. The maximum atomic E-state index is 13.3. The van der Waals surface area contributed by atoms with Gasteiger partial charge in [-0.15, -0.1) is 11.3 Å². The summed E-state index contributed by atoms with van der Waals surface area (Å²) in [5.41, 5.74) is 2.70. The van der Waals surface area contributed by atoms with Gasteiger partial charge in [-0.3, -0.25) is 18.7 Å². The second kappa shape index (κ2) is 9.95. The van der Waals surface area contributed by atoms with Gasteiger partial charge in [0.05, 0.1) is 12.1 Å². The maximum absolute atomic E-state index is 13.3. The minimum atomic E-state index is -0.435. The molecule has 0 radical (unpaired) electrons. The highest BCUT2D eigenvalue weighted by molar-refractivity contribution is 7.17. The van der Waals surface area contributed by atoms with Crippen LogP contribution >= 0.6 is 11.3 Å². The van der Waals surface area contributed by atoms with E-state index in [9.17, 15) is 18.8 Å². The van der Waals surface area contributed by atoms with Gasteiger partial charge in [0.2, 0.25) is 5.91 Å². The first-order valence-electron chi connectivity index (χ1n) is 10.7. The minimum Gasteiger partial charge on any atom is -0.352 e. The van der Waals surface area contributed by atoms with E-state index < -0.39 is 5.69 Å². The summed E-state index contributed by atoms with van der Waals surface area (Å²) in [6.07, 6.45) is 0.570. The lowest BCUT2D eigenvalue weighted by atomic mass is 10.1. The molecule has 2 aromatic carbocycles. The molecular formula is C25H24FN3O3S. The first kappa shape index (κ1) is 22.7. The third kappa shape index (κ3) is 5.28. The predicted octanol–water partition coefficient (Wildman–Crippen LogP) is 3.82. The van der Waals surface area contributed by atoms with Crippen LogP contribution in [-0.4, -0.2) is 15.0 Å². The smallest absolute Gasteiger partial charge is 0.331 e. The average Bonchev–Trinajstić information content (AvgIpc) is 3.30. The Balaban J connectivity index is 1.46. The van der Waals surface area contributed by atoms with Crippen molar-refractivity contribution in [3.63, 3.8) is 0 Å². The van der Waals surface area contributed by atoms with Crippen LogP contribution in [0.25, 0.3) is 10.2 Å². The number of aryl methyl sites for hydroxylation is 1. The van der Waals surface area contributed by atoms with Gasteiger partial charge in [-0.25, -0.2) is 9.18 Å². The minimum absolute atomic E-state index is 0.132. The second-order valence-electron chi connectivity index (χ2n) is 7.95. The number of nitrogens with one attached hydrogen (secondary N) is 1. The number of rotatable bonds is 8. The molecule has 33 heavy (non-hydrogen) atoms. The van der Waals surface area contributed by atoms with E-state index in [-0.39, 0.29) is 36.8 Å². The van der Waals surface area contributed by atoms with Crippen LogP contribution in [0.5, 0.6) is 0 Å². The van der Waals surface area contributed by atoms with Crippen molar-refractivity contribution in [2.75, 3.05) is 0 Å². The summed E-state index contributed by atoms with van der Waals surface area (Å²) < 4.78 is 16.5. The molecule has 0 fully saturated rings. The molecule has 4 aromatic rings. The molecule has 6 nitrogen and oxygen atoms in total. The SMILES string of the molecule is Cc1ccc(CNC(=O)CCCn2c(=O)c3sccc3n(Cc3ccc(F)cc3)c2=O)cc1.